The molecular weight excluding hydrogens is 246 g/mol. The third kappa shape index (κ3) is 2.91. The number of hydrogen-bond acceptors (Lipinski definition) is 6. The lowest BCUT2D eigenvalue weighted by molar-refractivity contribution is -0.385. The molecule has 2 N–H and O–H groups in total. The molecule has 7 nitrogen and oxygen atoms in total. The molecule has 7 heteroatoms. The molecule has 0 unspecified atom stereocenters. The predicted molar refractivity (Wildman–Crippen MR) is 73.0 cm³/mol. The maximum atomic E-state index is 11.2. The highest BCUT2D eigenvalue weighted by Gasteiger charge is 2.32. The molecule has 0 spiro atoms. The van der Waals surface area contributed by atoms with E-state index in [1.54, 1.807) is 6.92 Å². The topological polar surface area (TPSA) is 98.2 Å². The van der Waals surface area contributed by atoms with Crippen LogP contribution in [0.25, 0.3) is 0 Å². The zero-order valence-corrected chi connectivity index (χ0v) is 11.5. The van der Waals surface area contributed by atoms with E-state index in [0.29, 0.717) is 17.4 Å². The Morgan fingerprint density at radius 3 is 2.58 bits per heavy atom. The average molecular weight is 265 g/mol. The van der Waals surface area contributed by atoms with E-state index >= 15 is 0 Å². The van der Waals surface area contributed by atoms with Crippen LogP contribution >= 0.6 is 0 Å². The lowest BCUT2D eigenvalue weighted by Crippen LogP contribution is -2.34. The molecule has 0 saturated heterocycles. The highest BCUT2D eigenvalue weighted by molar-refractivity contribution is 5.62. The predicted octanol–water partition coefficient (Wildman–Crippen LogP) is 1.90. The van der Waals surface area contributed by atoms with Gasteiger partial charge in [-0.15, -0.1) is 0 Å². The number of aryl methyl sites for hydroxylation is 1. The van der Waals surface area contributed by atoms with Crippen molar-refractivity contribution in [1.82, 2.24) is 9.97 Å². The minimum atomic E-state index is -0.424. The van der Waals surface area contributed by atoms with Crippen molar-refractivity contribution in [2.45, 2.75) is 39.7 Å². The van der Waals surface area contributed by atoms with E-state index in [4.69, 9.17) is 5.73 Å². The van der Waals surface area contributed by atoms with Gasteiger partial charge in [0.1, 0.15) is 5.69 Å². The van der Waals surface area contributed by atoms with Crippen molar-refractivity contribution in [3.8, 4) is 0 Å². The summed E-state index contributed by atoms with van der Waals surface area (Å²) in [4.78, 5) is 20.8. The van der Waals surface area contributed by atoms with Crippen molar-refractivity contribution in [3.05, 3.63) is 15.8 Å². The number of rotatable bonds is 5. The minimum Gasteiger partial charge on any atom is -0.368 e. The first-order chi connectivity index (χ1) is 8.90. The van der Waals surface area contributed by atoms with Gasteiger partial charge in [-0.2, -0.15) is 4.98 Å². The second-order valence-electron chi connectivity index (χ2n) is 5.29. The van der Waals surface area contributed by atoms with Crippen LogP contribution in [-0.2, 0) is 0 Å². The van der Waals surface area contributed by atoms with Crippen LogP contribution in [0.5, 0.6) is 0 Å². The van der Waals surface area contributed by atoms with E-state index in [1.165, 1.54) is 12.8 Å². The molecule has 1 aliphatic carbocycles. The maximum Gasteiger partial charge on any atom is 0.332 e. The van der Waals surface area contributed by atoms with Gasteiger partial charge in [-0.1, -0.05) is 0 Å². The van der Waals surface area contributed by atoms with Crippen LogP contribution in [0, 0.1) is 23.0 Å². The number of nitrogens with zero attached hydrogens (tertiary/aromatic N) is 4. The van der Waals surface area contributed by atoms with Crippen molar-refractivity contribution in [2.75, 3.05) is 17.2 Å². The van der Waals surface area contributed by atoms with Gasteiger partial charge >= 0.3 is 5.69 Å². The summed E-state index contributed by atoms with van der Waals surface area (Å²) in [5.41, 5.74) is 5.92. The van der Waals surface area contributed by atoms with Crippen molar-refractivity contribution in [3.63, 3.8) is 0 Å². The van der Waals surface area contributed by atoms with Crippen molar-refractivity contribution < 1.29 is 4.92 Å². The monoisotopic (exact) mass is 265 g/mol. The largest absolute Gasteiger partial charge is 0.368 e. The van der Waals surface area contributed by atoms with Gasteiger partial charge in [0.15, 0.2) is 0 Å². The molecule has 104 valence electrons. The zero-order valence-electron chi connectivity index (χ0n) is 11.5. The first-order valence-electron chi connectivity index (χ1n) is 6.45. The first-order valence-corrected chi connectivity index (χ1v) is 6.45. The Kier molecular flexibility index (Phi) is 3.55. The Labute approximate surface area is 112 Å². The Hall–Kier alpha value is -1.92. The van der Waals surface area contributed by atoms with Gasteiger partial charge in [-0.05, 0) is 39.5 Å². The summed E-state index contributed by atoms with van der Waals surface area (Å²) in [6.45, 7) is 6.38. The summed E-state index contributed by atoms with van der Waals surface area (Å²) in [6, 6.07) is 0.132. The van der Waals surface area contributed by atoms with Gasteiger partial charge in [0, 0.05) is 12.6 Å². The average Bonchev–Trinajstić information content (AvgIpc) is 3.07. The van der Waals surface area contributed by atoms with Crippen LogP contribution in [0.15, 0.2) is 0 Å². The molecule has 0 amide bonds. The molecule has 1 saturated carbocycles. The fraction of sp³-hybridized carbons (Fsp3) is 0.667. The second kappa shape index (κ2) is 4.99. The Balaban J connectivity index is 2.46. The summed E-state index contributed by atoms with van der Waals surface area (Å²) in [5, 5.41) is 11.2. The maximum absolute atomic E-state index is 11.2. The second-order valence-corrected chi connectivity index (χ2v) is 5.29. The quantitative estimate of drug-likeness (QED) is 0.645. The molecule has 0 radical (unpaired) electrons. The van der Waals surface area contributed by atoms with Crippen LogP contribution in [0.1, 0.15) is 32.4 Å². The summed E-state index contributed by atoms with van der Waals surface area (Å²) in [6.07, 6.45) is 2.35. The number of nitrogen functional groups attached to an aromatic ring is 1. The molecule has 0 atom stereocenters. The molecule has 1 aromatic rings. The van der Waals surface area contributed by atoms with Crippen LogP contribution in [0.3, 0.4) is 0 Å². The van der Waals surface area contributed by atoms with Gasteiger partial charge in [-0.25, -0.2) is 4.98 Å². The van der Waals surface area contributed by atoms with E-state index in [9.17, 15) is 10.1 Å². The molecule has 0 aliphatic heterocycles. The Bertz CT molecular complexity index is 499. The van der Waals surface area contributed by atoms with Crippen LogP contribution in [0.4, 0.5) is 17.5 Å². The summed E-state index contributed by atoms with van der Waals surface area (Å²) < 4.78 is 0. The van der Waals surface area contributed by atoms with E-state index in [-0.39, 0.29) is 17.7 Å². The molecule has 1 aliphatic rings. The SMILES string of the molecule is Cc1nc(N)nc(N(CC2CC2)C(C)C)c1[N+](=O)[O-]. The number of aromatic nitrogens is 2. The Morgan fingerprint density at radius 2 is 2.11 bits per heavy atom. The van der Waals surface area contributed by atoms with Crippen molar-refractivity contribution in [1.29, 1.82) is 0 Å². The lowest BCUT2D eigenvalue weighted by atomic mass is 10.2. The number of nitrogens with two attached hydrogens (primary N) is 1. The van der Waals surface area contributed by atoms with E-state index < -0.39 is 4.92 Å². The van der Waals surface area contributed by atoms with Crippen molar-refractivity contribution >= 4 is 17.5 Å². The van der Waals surface area contributed by atoms with Crippen LogP contribution < -0.4 is 10.6 Å². The smallest absolute Gasteiger partial charge is 0.332 e. The Morgan fingerprint density at radius 1 is 1.47 bits per heavy atom. The third-order valence-electron chi connectivity index (χ3n) is 3.29. The van der Waals surface area contributed by atoms with Gasteiger partial charge in [0.2, 0.25) is 11.8 Å². The normalized spacial score (nSPS) is 14.7. The first kappa shape index (κ1) is 13.5. The van der Waals surface area contributed by atoms with Gasteiger partial charge in [0.25, 0.3) is 0 Å². The molecule has 1 heterocycles. The van der Waals surface area contributed by atoms with Crippen LogP contribution in [-0.4, -0.2) is 27.5 Å². The zero-order chi connectivity index (χ0) is 14.2. The minimum absolute atomic E-state index is 0.0384. The molecule has 0 bridgehead atoms. The van der Waals surface area contributed by atoms with E-state index in [0.717, 1.165) is 6.54 Å². The lowest BCUT2D eigenvalue weighted by Gasteiger charge is -2.27. The van der Waals surface area contributed by atoms with Crippen LogP contribution in [0.2, 0.25) is 0 Å². The molecule has 1 aromatic heterocycles. The highest BCUT2D eigenvalue weighted by Crippen LogP contribution is 2.35. The van der Waals surface area contributed by atoms with Crippen molar-refractivity contribution in [2.24, 2.45) is 5.92 Å². The number of anilines is 2. The molecule has 19 heavy (non-hydrogen) atoms. The fourth-order valence-electron chi connectivity index (χ4n) is 2.11. The molecular formula is C12H19N5O2. The highest BCUT2D eigenvalue weighted by atomic mass is 16.6. The number of hydrogen-bond donors (Lipinski definition) is 1. The van der Waals surface area contributed by atoms with Gasteiger partial charge < -0.3 is 10.6 Å². The third-order valence-corrected chi connectivity index (χ3v) is 3.29. The van der Waals surface area contributed by atoms with Gasteiger partial charge in [-0.3, -0.25) is 10.1 Å². The van der Waals surface area contributed by atoms with E-state index in [2.05, 4.69) is 9.97 Å². The molecule has 0 aromatic carbocycles. The molecule has 2 rings (SSSR count). The van der Waals surface area contributed by atoms with Gasteiger partial charge in [0.05, 0.1) is 4.92 Å². The fourth-order valence-corrected chi connectivity index (χ4v) is 2.11. The number of nitro groups is 1. The van der Waals surface area contributed by atoms with E-state index in [1.807, 2.05) is 18.7 Å². The molecule has 1 fully saturated rings. The summed E-state index contributed by atoms with van der Waals surface area (Å²) in [5.74, 6) is 1.04. The standard InChI is InChI=1S/C12H19N5O2/c1-7(2)16(6-9-4-5-9)11-10(17(18)19)8(3)14-12(13)15-11/h7,9H,4-6H2,1-3H3,(H2,13,14,15). The summed E-state index contributed by atoms with van der Waals surface area (Å²) >= 11 is 0. The summed E-state index contributed by atoms with van der Waals surface area (Å²) in [7, 11) is 0.